The molecule has 2 atom stereocenters. The molecule has 0 heteroatoms. The molecule has 380 valence electrons. The minimum absolute atomic E-state index is 0.572. The SMILES string of the molecule is CCCCCCCCCCCCC(CCCCCCCCCC)(CCCCCCCCCCC)C(CCCCCCCC)(CCCCCCCCC)CCCCCCCCCCC. The highest BCUT2D eigenvalue weighted by Crippen LogP contribution is 2.59. The number of hydrogen-bond acceptors (Lipinski definition) is 0. The third-order valence-electron chi connectivity index (χ3n) is 16.4. The van der Waals surface area contributed by atoms with Crippen LogP contribution in [0.15, 0.2) is 0 Å². The van der Waals surface area contributed by atoms with Crippen molar-refractivity contribution in [2.75, 3.05) is 0 Å². The van der Waals surface area contributed by atoms with Gasteiger partial charge in [-0.05, 0) is 49.4 Å². The van der Waals surface area contributed by atoms with Crippen LogP contribution >= 0.6 is 0 Å². The molecule has 0 heterocycles. The van der Waals surface area contributed by atoms with Gasteiger partial charge in [-0.3, -0.25) is 0 Å². The van der Waals surface area contributed by atoms with Gasteiger partial charge in [0.1, 0.15) is 0 Å². The Hall–Kier alpha value is 0. The molecule has 0 fully saturated rings. The Labute approximate surface area is 403 Å². The van der Waals surface area contributed by atoms with E-state index in [0.29, 0.717) is 10.8 Å². The van der Waals surface area contributed by atoms with Crippen molar-refractivity contribution in [3.63, 3.8) is 0 Å². The van der Waals surface area contributed by atoms with Crippen LogP contribution in [-0.2, 0) is 0 Å². The largest absolute Gasteiger partial charge is 0.0654 e. The van der Waals surface area contributed by atoms with E-state index in [1.165, 1.54) is 315 Å². The van der Waals surface area contributed by atoms with Crippen LogP contribution in [0.5, 0.6) is 0 Å². The van der Waals surface area contributed by atoms with Crippen molar-refractivity contribution in [2.45, 2.75) is 395 Å². The summed E-state index contributed by atoms with van der Waals surface area (Å²) in [6.07, 6.45) is 81.6. The highest BCUT2D eigenvalue weighted by Gasteiger charge is 2.48. The number of hydrogen-bond donors (Lipinski definition) is 0. The molecule has 0 aliphatic rings. The topological polar surface area (TPSA) is 0 Å². The molecule has 0 radical (unpaired) electrons. The van der Waals surface area contributed by atoms with Gasteiger partial charge < -0.3 is 0 Å². The van der Waals surface area contributed by atoms with Crippen LogP contribution in [0.25, 0.3) is 0 Å². The first-order chi connectivity index (χ1) is 31.1. The molecule has 0 aromatic heterocycles. The van der Waals surface area contributed by atoms with Gasteiger partial charge >= 0.3 is 0 Å². The molecule has 0 saturated carbocycles. The Kier molecular flexibility index (Phi) is 51.4. The van der Waals surface area contributed by atoms with E-state index in [4.69, 9.17) is 0 Å². The minimum Gasteiger partial charge on any atom is -0.0654 e. The van der Waals surface area contributed by atoms with E-state index in [2.05, 4.69) is 41.5 Å². The van der Waals surface area contributed by atoms with Gasteiger partial charge in [0, 0.05) is 0 Å². The molecule has 0 rings (SSSR count). The molecular formula is C63H128. The Morgan fingerprint density at radius 1 is 0.127 bits per heavy atom. The van der Waals surface area contributed by atoms with E-state index in [0.717, 1.165) is 0 Å². The summed E-state index contributed by atoms with van der Waals surface area (Å²) < 4.78 is 0. The maximum absolute atomic E-state index is 2.40. The van der Waals surface area contributed by atoms with Crippen molar-refractivity contribution in [1.29, 1.82) is 0 Å². The van der Waals surface area contributed by atoms with E-state index in [-0.39, 0.29) is 0 Å². The standard InChI is InChI=1S/C63H128/c1-7-13-19-25-31-35-38-43-49-55-61-63(58-52-46-40-34-28-22-16-10-4,60-54-48-42-37-33-27-21-15-9-3)62(56-50-44-30-24-18-12-6,57-51-45-39-29-23-17-11-5)59-53-47-41-36-32-26-20-14-8-2/h7-61H2,1-6H3. The molecule has 0 saturated heterocycles. The van der Waals surface area contributed by atoms with Crippen LogP contribution in [0.3, 0.4) is 0 Å². The monoisotopic (exact) mass is 885 g/mol. The van der Waals surface area contributed by atoms with Gasteiger partial charge in [0.05, 0.1) is 0 Å². The summed E-state index contributed by atoms with van der Waals surface area (Å²) >= 11 is 0. The second-order valence-electron chi connectivity index (χ2n) is 22.3. The molecule has 0 aliphatic carbocycles. The van der Waals surface area contributed by atoms with Crippen LogP contribution in [0.2, 0.25) is 0 Å². The lowest BCUT2D eigenvalue weighted by Gasteiger charge is -2.53. The van der Waals surface area contributed by atoms with Crippen LogP contribution in [-0.4, -0.2) is 0 Å². The Morgan fingerprint density at radius 2 is 0.222 bits per heavy atom. The zero-order valence-corrected chi connectivity index (χ0v) is 45.9. The molecule has 0 aromatic rings. The molecule has 0 aliphatic heterocycles. The zero-order valence-electron chi connectivity index (χ0n) is 45.9. The molecule has 2 unspecified atom stereocenters. The van der Waals surface area contributed by atoms with Crippen LogP contribution in [0, 0.1) is 10.8 Å². The average Bonchev–Trinajstić information content (AvgIpc) is 3.29. The van der Waals surface area contributed by atoms with E-state index in [1.807, 2.05) is 0 Å². The summed E-state index contributed by atoms with van der Waals surface area (Å²) in [6, 6.07) is 0. The second-order valence-corrected chi connectivity index (χ2v) is 22.3. The van der Waals surface area contributed by atoms with Gasteiger partial charge in [-0.15, -0.1) is 0 Å². The Morgan fingerprint density at radius 3 is 0.333 bits per heavy atom. The van der Waals surface area contributed by atoms with Gasteiger partial charge in [-0.1, -0.05) is 356 Å². The third kappa shape index (κ3) is 38.6. The van der Waals surface area contributed by atoms with Crippen LogP contribution in [0.1, 0.15) is 395 Å². The molecule has 0 bridgehead atoms. The predicted octanol–water partition coefficient (Wildman–Crippen LogP) is 24.5. The summed E-state index contributed by atoms with van der Waals surface area (Å²) in [5.74, 6) is 0. The van der Waals surface area contributed by atoms with Crippen molar-refractivity contribution >= 4 is 0 Å². The van der Waals surface area contributed by atoms with E-state index >= 15 is 0 Å². The maximum atomic E-state index is 2.40. The highest BCUT2D eigenvalue weighted by molar-refractivity contribution is 4.98. The van der Waals surface area contributed by atoms with Crippen molar-refractivity contribution in [1.82, 2.24) is 0 Å². The highest BCUT2D eigenvalue weighted by atomic mass is 14.5. The quantitative estimate of drug-likeness (QED) is 0.0534. The third-order valence-corrected chi connectivity index (χ3v) is 16.4. The molecular weight excluding hydrogens is 757 g/mol. The van der Waals surface area contributed by atoms with Crippen molar-refractivity contribution in [3.05, 3.63) is 0 Å². The van der Waals surface area contributed by atoms with Crippen LogP contribution < -0.4 is 0 Å². The lowest BCUT2D eigenvalue weighted by Crippen LogP contribution is -2.43. The lowest BCUT2D eigenvalue weighted by atomic mass is 9.51. The van der Waals surface area contributed by atoms with E-state index < -0.39 is 0 Å². The van der Waals surface area contributed by atoms with Gasteiger partial charge in [0.15, 0.2) is 0 Å². The fourth-order valence-electron chi connectivity index (χ4n) is 12.1. The molecule has 0 N–H and O–H groups in total. The van der Waals surface area contributed by atoms with E-state index in [9.17, 15) is 0 Å². The first-order valence-corrected chi connectivity index (χ1v) is 31.1. The normalized spacial score (nSPS) is 13.8. The van der Waals surface area contributed by atoms with Crippen molar-refractivity contribution in [2.24, 2.45) is 10.8 Å². The Bertz CT molecular complexity index is 813. The van der Waals surface area contributed by atoms with Crippen LogP contribution in [0.4, 0.5) is 0 Å². The Balaban J connectivity index is 6.61. The first kappa shape index (κ1) is 63.0. The zero-order chi connectivity index (χ0) is 45.9. The molecule has 0 nitrogen and oxygen atoms in total. The first-order valence-electron chi connectivity index (χ1n) is 31.1. The van der Waals surface area contributed by atoms with Crippen molar-refractivity contribution in [3.8, 4) is 0 Å². The van der Waals surface area contributed by atoms with Crippen molar-refractivity contribution < 1.29 is 0 Å². The maximum Gasteiger partial charge on any atom is -0.0241 e. The lowest BCUT2D eigenvalue weighted by molar-refractivity contribution is -0.0310. The fraction of sp³-hybridized carbons (Fsp3) is 1.00. The predicted molar refractivity (Wildman–Crippen MR) is 293 cm³/mol. The molecule has 0 amide bonds. The summed E-state index contributed by atoms with van der Waals surface area (Å²) in [5.41, 5.74) is 1.14. The van der Waals surface area contributed by atoms with Gasteiger partial charge in [-0.2, -0.15) is 0 Å². The minimum atomic E-state index is 0.572. The van der Waals surface area contributed by atoms with Gasteiger partial charge in [0.2, 0.25) is 0 Å². The molecule has 0 aromatic carbocycles. The van der Waals surface area contributed by atoms with Gasteiger partial charge in [-0.25, -0.2) is 0 Å². The molecule has 63 heavy (non-hydrogen) atoms. The summed E-state index contributed by atoms with van der Waals surface area (Å²) in [7, 11) is 0. The van der Waals surface area contributed by atoms with Gasteiger partial charge in [0.25, 0.3) is 0 Å². The number of unbranched alkanes of at least 4 members (excludes halogenated alkanes) is 43. The summed E-state index contributed by atoms with van der Waals surface area (Å²) in [6.45, 7) is 14.3. The number of rotatable bonds is 56. The fourth-order valence-corrected chi connectivity index (χ4v) is 12.1. The summed E-state index contributed by atoms with van der Waals surface area (Å²) in [5, 5.41) is 0. The summed E-state index contributed by atoms with van der Waals surface area (Å²) in [4.78, 5) is 0. The van der Waals surface area contributed by atoms with E-state index in [1.54, 1.807) is 38.5 Å². The average molecular weight is 886 g/mol. The molecule has 0 spiro atoms. The smallest absolute Gasteiger partial charge is 0.0241 e. The second kappa shape index (κ2) is 51.4.